The quantitative estimate of drug-likeness (QED) is 0.457. The molecule has 0 aliphatic carbocycles. The molecule has 3 aromatic rings. The third-order valence-electron chi connectivity index (χ3n) is 3.51. The van der Waals surface area contributed by atoms with E-state index in [0.29, 0.717) is 15.1 Å². The molecule has 3 rings (SSSR count). The Balaban J connectivity index is 1.85. The van der Waals surface area contributed by atoms with Crippen molar-refractivity contribution < 1.29 is 0 Å². The van der Waals surface area contributed by atoms with Crippen molar-refractivity contribution in [3.63, 3.8) is 0 Å². The first-order valence-corrected chi connectivity index (χ1v) is 8.93. The van der Waals surface area contributed by atoms with Gasteiger partial charge in [-0.15, -0.1) is 11.3 Å². The maximum atomic E-state index is 9.40. The van der Waals surface area contributed by atoms with E-state index in [4.69, 9.17) is 23.2 Å². The lowest BCUT2D eigenvalue weighted by Gasteiger charge is -2.06. The number of hydrogen-bond donors (Lipinski definition) is 1. The summed E-state index contributed by atoms with van der Waals surface area (Å²) in [6.07, 6.45) is 0. The van der Waals surface area contributed by atoms with Gasteiger partial charge < -0.3 is 0 Å². The van der Waals surface area contributed by atoms with Gasteiger partial charge in [0.25, 0.3) is 0 Å². The van der Waals surface area contributed by atoms with Crippen molar-refractivity contribution in [3.05, 3.63) is 68.5 Å². The monoisotopic (exact) mass is 386 g/mol. The summed E-state index contributed by atoms with van der Waals surface area (Å²) in [5.41, 5.74) is 6.42. The summed E-state index contributed by atoms with van der Waals surface area (Å²) < 4.78 is 0. The lowest BCUT2D eigenvalue weighted by atomic mass is 10.2. The van der Waals surface area contributed by atoms with Crippen LogP contribution in [0.5, 0.6) is 0 Å². The minimum atomic E-state index is 0.213. The predicted octanol–water partition coefficient (Wildman–Crippen LogP) is 5.77. The van der Waals surface area contributed by atoms with Crippen LogP contribution < -0.4 is 5.43 Å². The molecule has 0 aliphatic heterocycles. The average Bonchev–Trinajstić information content (AvgIpc) is 3.09. The maximum Gasteiger partial charge on any atom is 0.196 e. The molecule has 0 radical (unpaired) electrons. The Morgan fingerprint density at radius 3 is 2.68 bits per heavy atom. The molecule has 0 atom stereocenters. The van der Waals surface area contributed by atoms with E-state index in [1.165, 1.54) is 11.3 Å². The van der Waals surface area contributed by atoms with E-state index in [0.717, 1.165) is 22.5 Å². The second-order valence-electron chi connectivity index (χ2n) is 5.14. The number of anilines is 1. The third kappa shape index (κ3) is 3.99. The molecule has 0 fully saturated rings. The number of nitrogens with one attached hydrogen (secondary N) is 1. The largest absolute Gasteiger partial charge is 0.277 e. The first kappa shape index (κ1) is 17.4. The van der Waals surface area contributed by atoms with Crippen molar-refractivity contribution >= 4 is 45.9 Å². The maximum absolute atomic E-state index is 9.40. The van der Waals surface area contributed by atoms with Gasteiger partial charge in [0.1, 0.15) is 6.07 Å². The van der Waals surface area contributed by atoms with Crippen LogP contribution in [0.25, 0.3) is 11.3 Å². The Morgan fingerprint density at radius 2 is 1.96 bits per heavy atom. The number of nitriles is 1. The van der Waals surface area contributed by atoms with E-state index in [9.17, 15) is 5.26 Å². The molecule has 0 bridgehead atoms. The molecular weight excluding hydrogens is 375 g/mol. The summed E-state index contributed by atoms with van der Waals surface area (Å²) in [5.74, 6) is 0. The first-order valence-electron chi connectivity index (χ1n) is 7.29. The Kier molecular flexibility index (Phi) is 5.34. The second kappa shape index (κ2) is 7.66. The highest BCUT2D eigenvalue weighted by atomic mass is 35.5. The molecule has 0 amide bonds. The van der Waals surface area contributed by atoms with E-state index in [1.54, 1.807) is 18.2 Å². The van der Waals surface area contributed by atoms with Crippen LogP contribution in [-0.2, 0) is 0 Å². The molecule has 0 unspecified atom stereocenters. The molecule has 0 saturated carbocycles. The van der Waals surface area contributed by atoms with Crippen molar-refractivity contribution in [2.45, 2.75) is 6.92 Å². The van der Waals surface area contributed by atoms with Crippen LogP contribution in [-0.4, -0.2) is 10.7 Å². The van der Waals surface area contributed by atoms with Crippen molar-refractivity contribution in [1.82, 2.24) is 4.98 Å². The van der Waals surface area contributed by atoms with Gasteiger partial charge in [0.05, 0.1) is 11.4 Å². The standard InChI is InChI=1S/C18H12Cl2N4S/c1-11-14(20)3-2-4-15(11)23-24-16(9-21)18-22-17(10-25-18)12-5-7-13(19)8-6-12/h2-8,10,23H,1H3. The number of rotatable bonds is 4. The fourth-order valence-electron chi connectivity index (χ4n) is 2.10. The van der Waals surface area contributed by atoms with E-state index in [1.807, 2.05) is 36.6 Å². The van der Waals surface area contributed by atoms with Crippen LogP contribution in [0.15, 0.2) is 52.9 Å². The molecule has 0 spiro atoms. The lowest BCUT2D eigenvalue weighted by Crippen LogP contribution is -2.02. The van der Waals surface area contributed by atoms with Crippen molar-refractivity contribution in [2.24, 2.45) is 5.10 Å². The minimum Gasteiger partial charge on any atom is -0.277 e. The Labute approximate surface area is 159 Å². The summed E-state index contributed by atoms with van der Waals surface area (Å²) in [4.78, 5) is 4.49. The van der Waals surface area contributed by atoms with Gasteiger partial charge in [-0.2, -0.15) is 10.4 Å². The van der Waals surface area contributed by atoms with E-state index < -0.39 is 0 Å². The number of benzene rings is 2. The number of nitrogens with zero attached hydrogens (tertiary/aromatic N) is 3. The fraction of sp³-hybridized carbons (Fsp3) is 0.0556. The Bertz CT molecular complexity index is 971. The highest BCUT2D eigenvalue weighted by molar-refractivity contribution is 7.12. The highest BCUT2D eigenvalue weighted by Crippen LogP contribution is 2.25. The van der Waals surface area contributed by atoms with Gasteiger partial charge in [0.2, 0.25) is 0 Å². The summed E-state index contributed by atoms with van der Waals surface area (Å²) >= 11 is 13.4. The van der Waals surface area contributed by atoms with Gasteiger partial charge >= 0.3 is 0 Å². The normalized spacial score (nSPS) is 11.2. The molecule has 0 aliphatic rings. The molecule has 2 aromatic carbocycles. The highest BCUT2D eigenvalue weighted by Gasteiger charge is 2.11. The van der Waals surface area contributed by atoms with Gasteiger partial charge in [-0.25, -0.2) is 4.98 Å². The number of hydrogen-bond acceptors (Lipinski definition) is 5. The second-order valence-corrected chi connectivity index (χ2v) is 6.84. The van der Waals surface area contributed by atoms with E-state index in [2.05, 4.69) is 21.6 Å². The minimum absolute atomic E-state index is 0.213. The zero-order chi connectivity index (χ0) is 17.8. The van der Waals surface area contributed by atoms with Gasteiger partial charge in [0.15, 0.2) is 10.7 Å². The Hall–Kier alpha value is -2.39. The van der Waals surface area contributed by atoms with Crippen LogP contribution >= 0.6 is 34.5 Å². The van der Waals surface area contributed by atoms with E-state index in [-0.39, 0.29) is 5.71 Å². The smallest absolute Gasteiger partial charge is 0.196 e. The summed E-state index contributed by atoms with van der Waals surface area (Å²) in [6.45, 7) is 1.88. The van der Waals surface area contributed by atoms with Gasteiger partial charge in [-0.05, 0) is 36.8 Å². The van der Waals surface area contributed by atoms with Crippen molar-refractivity contribution in [1.29, 1.82) is 5.26 Å². The zero-order valence-corrected chi connectivity index (χ0v) is 15.5. The van der Waals surface area contributed by atoms with Crippen LogP contribution in [0.1, 0.15) is 10.6 Å². The summed E-state index contributed by atoms with van der Waals surface area (Å²) in [5, 5.41) is 17.3. The van der Waals surface area contributed by atoms with Gasteiger partial charge in [-0.3, -0.25) is 5.43 Å². The van der Waals surface area contributed by atoms with Crippen molar-refractivity contribution in [2.75, 3.05) is 5.43 Å². The molecular formula is C18H12Cl2N4S. The molecule has 1 heterocycles. The average molecular weight is 387 g/mol. The predicted molar refractivity (Wildman–Crippen MR) is 105 cm³/mol. The molecule has 124 valence electrons. The third-order valence-corrected chi connectivity index (χ3v) is 5.02. The SMILES string of the molecule is Cc1c(Cl)cccc1NN=C(C#N)c1nc(-c2ccc(Cl)cc2)cs1. The van der Waals surface area contributed by atoms with Gasteiger partial charge in [-0.1, -0.05) is 41.4 Å². The van der Waals surface area contributed by atoms with Crippen LogP contribution in [0.3, 0.4) is 0 Å². The van der Waals surface area contributed by atoms with Crippen LogP contribution in [0, 0.1) is 18.3 Å². The van der Waals surface area contributed by atoms with Crippen LogP contribution in [0.2, 0.25) is 10.0 Å². The number of thiazole rings is 1. The van der Waals surface area contributed by atoms with Crippen molar-refractivity contribution in [3.8, 4) is 17.3 Å². The summed E-state index contributed by atoms with van der Waals surface area (Å²) in [6, 6.07) is 14.9. The number of hydrazone groups is 1. The number of halogens is 2. The topological polar surface area (TPSA) is 61.1 Å². The Morgan fingerprint density at radius 1 is 1.20 bits per heavy atom. The van der Waals surface area contributed by atoms with Crippen LogP contribution in [0.4, 0.5) is 5.69 Å². The fourth-order valence-corrected chi connectivity index (χ4v) is 3.17. The molecule has 1 N–H and O–H groups in total. The molecule has 0 saturated heterocycles. The molecule has 1 aromatic heterocycles. The zero-order valence-electron chi connectivity index (χ0n) is 13.1. The molecule has 7 heteroatoms. The number of aromatic nitrogens is 1. The molecule has 25 heavy (non-hydrogen) atoms. The molecule has 4 nitrogen and oxygen atoms in total. The summed E-state index contributed by atoms with van der Waals surface area (Å²) in [7, 11) is 0. The van der Waals surface area contributed by atoms with Gasteiger partial charge in [0, 0.05) is 21.0 Å². The lowest BCUT2D eigenvalue weighted by molar-refractivity contribution is 1.28. The first-order chi connectivity index (χ1) is 12.1. The van der Waals surface area contributed by atoms with E-state index >= 15 is 0 Å².